The molecule has 0 aliphatic carbocycles. The molecule has 0 aliphatic heterocycles. The van der Waals surface area contributed by atoms with Crippen LogP contribution in [0.2, 0.25) is 0 Å². The van der Waals surface area contributed by atoms with Gasteiger partial charge < -0.3 is 15.3 Å². The highest BCUT2D eigenvalue weighted by Gasteiger charge is 2.38. The van der Waals surface area contributed by atoms with Crippen molar-refractivity contribution in [1.29, 1.82) is 0 Å². The van der Waals surface area contributed by atoms with E-state index in [1.807, 2.05) is 27.7 Å². The maximum Gasteiger partial charge on any atom is 0.139 e. The average molecular weight is 232 g/mol. The summed E-state index contributed by atoms with van der Waals surface area (Å²) in [5, 5.41) is 27.5. The molecule has 0 spiro atoms. The number of hydrogen-bond acceptors (Lipinski definition) is 4. The molecule has 0 aromatic carbocycles. The molecule has 0 heterocycles. The fraction of sp³-hybridized carbons (Fsp3) is 0.917. The fourth-order valence-corrected chi connectivity index (χ4v) is 1.21. The Kier molecular flexibility index (Phi) is 5.59. The summed E-state index contributed by atoms with van der Waals surface area (Å²) in [5.74, 6) is 0.133. The predicted molar refractivity (Wildman–Crippen MR) is 61.9 cm³/mol. The average Bonchev–Trinajstić information content (AvgIpc) is 2.25. The molecule has 3 N–H and O–H groups in total. The second-order valence-corrected chi connectivity index (χ2v) is 5.45. The van der Waals surface area contributed by atoms with Gasteiger partial charge in [0.05, 0.1) is 19.8 Å². The van der Waals surface area contributed by atoms with Crippen LogP contribution in [0.1, 0.15) is 34.1 Å². The molecule has 0 saturated heterocycles. The largest absolute Gasteiger partial charge is 0.396 e. The van der Waals surface area contributed by atoms with Gasteiger partial charge in [0.25, 0.3) is 0 Å². The Balaban J connectivity index is 4.78. The monoisotopic (exact) mass is 232 g/mol. The van der Waals surface area contributed by atoms with Crippen LogP contribution in [0.25, 0.3) is 0 Å². The lowest BCUT2D eigenvalue weighted by atomic mass is 9.71. The summed E-state index contributed by atoms with van der Waals surface area (Å²) in [6.07, 6.45) is 0.00167. The Morgan fingerprint density at radius 2 is 1.44 bits per heavy atom. The Bertz CT molecular complexity index is 221. The molecular weight excluding hydrogens is 208 g/mol. The number of rotatable bonds is 7. The maximum atomic E-state index is 12.1. The second kappa shape index (κ2) is 5.75. The summed E-state index contributed by atoms with van der Waals surface area (Å²) in [7, 11) is 0. The Labute approximate surface area is 97.3 Å². The standard InChI is InChI=1S/C12H24O4/c1-9(2)11(3,4)10(16)5-12(6-13,7-14)8-15/h9,13-15H,5-8H2,1-4H3. The zero-order valence-electron chi connectivity index (χ0n) is 10.7. The van der Waals surface area contributed by atoms with E-state index >= 15 is 0 Å². The highest BCUT2D eigenvalue weighted by Crippen LogP contribution is 2.33. The topological polar surface area (TPSA) is 77.8 Å². The number of aliphatic hydroxyl groups excluding tert-OH is 3. The summed E-state index contributed by atoms with van der Waals surface area (Å²) in [6.45, 7) is 6.43. The molecule has 0 aromatic rings. The first-order valence-electron chi connectivity index (χ1n) is 5.61. The summed E-state index contributed by atoms with van der Waals surface area (Å²) in [5.41, 5.74) is -1.60. The van der Waals surface area contributed by atoms with E-state index in [9.17, 15) is 4.79 Å². The summed E-state index contributed by atoms with van der Waals surface area (Å²) in [4.78, 5) is 12.1. The molecule has 0 aliphatic rings. The van der Waals surface area contributed by atoms with Gasteiger partial charge in [-0.3, -0.25) is 4.79 Å². The minimum absolute atomic E-state index is 0.00167. The Hall–Kier alpha value is -0.450. The predicted octanol–water partition coefficient (Wildman–Crippen LogP) is 0.591. The van der Waals surface area contributed by atoms with Gasteiger partial charge in [-0.25, -0.2) is 0 Å². The van der Waals surface area contributed by atoms with Crippen LogP contribution < -0.4 is 0 Å². The van der Waals surface area contributed by atoms with Gasteiger partial charge in [0.1, 0.15) is 5.78 Å². The lowest BCUT2D eigenvalue weighted by molar-refractivity contribution is -0.135. The number of Topliss-reactive ketones (excluding diaryl/α,β-unsaturated/α-hetero) is 1. The van der Waals surface area contributed by atoms with Gasteiger partial charge in [-0.1, -0.05) is 27.7 Å². The zero-order valence-corrected chi connectivity index (χ0v) is 10.7. The van der Waals surface area contributed by atoms with Gasteiger partial charge >= 0.3 is 0 Å². The molecule has 0 amide bonds. The number of hydrogen-bond donors (Lipinski definition) is 3. The van der Waals surface area contributed by atoms with Crippen molar-refractivity contribution in [2.45, 2.75) is 34.1 Å². The molecule has 96 valence electrons. The van der Waals surface area contributed by atoms with E-state index in [2.05, 4.69) is 0 Å². The molecule has 0 rings (SSSR count). The van der Waals surface area contributed by atoms with E-state index < -0.39 is 10.8 Å². The first-order valence-corrected chi connectivity index (χ1v) is 5.61. The molecule has 16 heavy (non-hydrogen) atoms. The third-order valence-electron chi connectivity index (χ3n) is 3.70. The molecule has 0 radical (unpaired) electrons. The van der Waals surface area contributed by atoms with Crippen molar-refractivity contribution in [2.75, 3.05) is 19.8 Å². The normalized spacial score (nSPS) is 13.2. The van der Waals surface area contributed by atoms with E-state index in [-0.39, 0.29) is 37.9 Å². The van der Waals surface area contributed by atoms with E-state index in [0.717, 1.165) is 0 Å². The van der Waals surface area contributed by atoms with Gasteiger partial charge in [-0.2, -0.15) is 0 Å². The van der Waals surface area contributed by atoms with Crippen LogP contribution in [-0.2, 0) is 4.79 Å². The molecule has 0 fully saturated rings. The molecule has 0 aromatic heterocycles. The van der Waals surface area contributed by atoms with Crippen molar-refractivity contribution < 1.29 is 20.1 Å². The summed E-state index contributed by atoms with van der Waals surface area (Å²) < 4.78 is 0. The third-order valence-corrected chi connectivity index (χ3v) is 3.70. The highest BCUT2D eigenvalue weighted by molar-refractivity contribution is 5.85. The van der Waals surface area contributed by atoms with Gasteiger partial charge in [-0.15, -0.1) is 0 Å². The van der Waals surface area contributed by atoms with E-state index in [4.69, 9.17) is 15.3 Å². The van der Waals surface area contributed by atoms with Gasteiger partial charge in [0, 0.05) is 17.3 Å². The van der Waals surface area contributed by atoms with Crippen molar-refractivity contribution in [2.24, 2.45) is 16.7 Å². The number of aliphatic hydroxyl groups is 3. The van der Waals surface area contributed by atoms with Crippen molar-refractivity contribution >= 4 is 5.78 Å². The minimum Gasteiger partial charge on any atom is -0.396 e. The fourth-order valence-electron chi connectivity index (χ4n) is 1.21. The van der Waals surface area contributed by atoms with Gasteiger partial charge in [0.2, 0.25) is 0 Å². The Morgan fingerprint density at radius 1 is 1.06 bits per heavy atom. The smallest absolute Gasteiger partial charge is 0.139 e. The summed E-state index contributed by atoms with van der Waals surface area (Å²) in [6, 6.07) is 0. The SMILES string of the molecule is CC(C)C(C)(C)C(=O)CC(CO)(CO)CO. The highest BCUT2D eigenvalue weighted by atomic mass is 16.3. The van der Waals surface area contributed by atoms with Crippen molar-refractivity contribution in [3.8, 4) is 0 Å². The van der Waals surface area contributed by atoms with Crippen LogP contribution in [-0.4, -0.2) is 40.9 Å². The van der Waals surface area contributed by atoms with Gasteiger partial charge in [0.15, 0.2) is 0 Å². The first-order chi connectivity index (χ1) is 7.25. The van der Waals surface area contributed by atoms with Crippen molar-refractivity contribution in [1.82, 2.24) is 0 Å². The number of ketones is 1. The quantitative estimate of drug-likeness (QED) is 0.600. The van der Waals surface area contributed by atoms with Crippen molar-refractivity contribution in [3.63, 3.8) is 0 Å². The van der Waals surface area contributed by atoms with Crippen molar-refractivity contribution in [3.05, 3.63) is 0 Å². The van der Waals surface area contributed by atoms with Crippen LogP contribution in [0.4, 0.5) is 0 Å². The Morgan fingerprint density at radius 3 is 1.69 bits per heavy atom. The van der Waals surface area contributed by atoms with Crippen LogP contribution in [0.15, 0.2) is 0 Å². The zero-order chi connectivity index (χ0) is 13.0. The van der Waals surface area contributed by atoms with Crippen LogP contribution in [0.5, 0.6) is 0 Å². The van der Waals surface area contributed by atoms with E-state index in [0.29, 0.717) is 0 Å². The molecule has 4 heteroatoms. The second-order valence-electron chi connectivity index (χ2n) is 5.45. The van der Waals surface area contributed by atoms with E-state index in [1.54, 1.807) is 0 Å². The molecule has 0 atom stereocenters. The van der Waals surface area contributed by atoms with E-state index in [1.165, 1.54) is 0 Å². The maximum absolute atomic E-state index is 12.1. The molecular formula is C12H24O4. The third kappa shape index (κ3) is 3.27. The lowest BCUT2D eigenvalue weighted by Crippen LogP contribution is -2.41. The summed E-state index contributed by atoms with van der Waals surface area (Å²) >= 11 is 0. The minimum atomic E-state index is -1.09. The van der Waals surface area contributed by atoms with Crippen LogP contribution in [0, 0.1) is 16.7 Å². The molecule has 0 saturated carbocycles. The number of carbonyl (C=O) groups excluding carboxylic acids is 1. The number of carbonyl (C=O) groups is 1. The van der Waals surface area contributed by atoms with Crippen LogP contribution >= 0.6 is 0 Å². The molecule has 0 unspecified atom stereocenters. The van der Waals surface area contributed by atoms with Gasteiger partial charge in [-0.05, 0) is 5.92 Å². The lowest BCUT2D eigenvalue weighted by Gasteiger charge is -2.33. The molecule has 4 nitrogen and oxygen atoms in total. The molecule has 0 bridgehead atoms. The first kappa shape index (κ1) is 15.6. The van der Waals surface area contributed by atoms with Crippen LogP contribution in [0.3, 0.4) is 0 Å².